The Morgan fingerprint density at radius 2 is 2.15 bits per heavy atom. The van der Waals surface area contributed by atoms with E-state index in [9.17, 15) is 13.2 Å². The van der Waals surface area contributed by atoms with Gasteiger partial charge in [-0.1, -0.05) is 23.5 Å². The predicted octanol–water partition coefficient (Wildman–Crippen LogP) is 4.12. The molecule has 4 heterocycles. The third kappa shape index (κ3) is 4.47. The van der Waals surface area contributed by atoms with Gasteiger partial charge in [-0.05, 0) is 56.2 Å². The summed E-state index contributed by atoms with van der Waals surface area (Å²) in [4.78, 5) is 20.4. The van der Waals surface area contributed by atoms with Crippen molar-refractivity contribution in [1.29, 1.82) is 0 Å². The molecule has 0 N–H and O–H groups in total. The van der Waals surface area contributed by atoms with Crippen LogP contribution in [0, 0.1) is 0 Å². The Labute approximate surface area is 207 Å². The van der Waals surface area contributed by atoms with Crippen molar-refractivity contribution in [2.45, 2.75) is 49.0 Å². The average Bonchev–Trinajstić information content (AvgIpc) is 3.63. The van der Waals surface area contributed by atoms with E-state index >= 15 is 0 Å². The summed E-state index contributed by atoms with van der Waals surface area (Å²) in [6.07, 6.45) is 2.85. The number of rotatable bonds is 8. The second kappa shape index (κ2) is 9.90. The topological polar surface area (TPSA) is 89.0 Å². The van der Waals surface area contributed by atoms with Crippen molar-refractivity contribution in [1.82, 2.24) is 9.29 Å². The van der Waals surface area contributed by atoms with Crippen molar-refractivity contribution >= 4 is 54.0 Å². The second-order valence-electron chi connectivity index (χ2n) is 8.32. The van der Waals surface area contributed by atoms with E-state index in [4.69, 9.17) is 14.5 Å². The Morgan fingerprint density at radius 1 is 1.26 bits per heavy atom. The lowest BCUT2D eigenvalue weighted by atomic mass is 10.2. The average molecular weight is 522 g/mol. The Morgan fingerprint density at radius 3 is 2.88 bits per heavy atom. The van der Waals surface area contributed by atoms with Crippen LogP contribution in [0.1, 0.15) is 32.6 Å². The van der Waals surface area contributed by atoms with Gasteiger partial charge in [-0.2, -0.15) is 4.31 Å². The van der Waals surface area contributed by atoms with Crippen LogP contribution in [-0.4, -0.2) is 62.1 Å². The number of para-hydroxylation sites is 1. The van der Waals surface area contributed by atoms with Gasteiger partial charge in [0.1, 0.15) is 21.5 Å². The minimum atomic E-state index is -3.74. The molecule has 1 aromatic carbocycles. The van der Waals surface area contributed by atoms with Crippen LogP contribution in [0.4, 0.5) is 5.13 Å². The van der Waals surface area contributed by atoms with Gasteiger partial charge in [-0.3, -0.25) is 9.69 Å². The van der Waals surface area contributed by atoms with E-state index in [2.05, 4.69) is 0 Å². The summed E-state index contributed by atoms with van der Waals surface area (Å²) >= 11 is 2.59. The van der Waals surface area contributed by atoms with Crippen molar-refractivity contribution in [2.24, 2.45) is 0 Å². The van der Waals surface area contributed by atoms with E-state index in [1.807, 2.05) is 25.1 Å². The fourth-order valence-electron chi connectivity index (χ4n) is 4.53. The maximum atomic E-state index is 14.0. The number of fused-ring (bicyclic) bond motifs is 1. The molecule has 3 aromatic rings. The van der Waals surface area contributed by atoms with Crippen LogP contribution in [-0.2, 0) is 19.6 Å². The molecule has 34 heavy (non-hydrogen) atoms. The zero-order valence-corrected chi connectivity index (χ0v) is 21.3. The number of amides is 1. The SMILES string of the molecule is CCOc1cccc2sc(N(CC3CCCO3)C(=O)C3CCCN3S(=O)(=O)c3cccs3)nc12. The summed E-state index contributed by atoms with van der Waals surface area (Å²) in [7, 11) is -3.74. The fraction of sp³-hybridized carbons (Fsp3) is 0.478. The molecule has 1 amide bonds. The number of nitrogens with zero attached hydrogens (tertiary/aromatic N) is 3. The molecule has 11 heteroatoms. The summed E-state index contributed by atoms with van der Waals surface area (Å²) in [5, 5.41) is 2.28. The van der Waals surface area contributed by atoms with Gasteiger partial charge in [0.25, 0.3) is 10.0 Å². The summed E-state index contributed by atoms with van der Waals surface area (Å²) in [6, 6.07) is 8.28. The normalized spacial score (nSPS) is 21.3. The molecule has 0 saturated carbocycles. The van der Waals surface area contributed by atoms with E-state index in [-0.39, 0.29) is 16.2 Å². The molecule has 2 saturated heterocycles. The van der Waals surface area contributed by atoms with Crippen LogP contribution in [0.3, 0.4) is 0 Å². The Bertz CT molecular complexity index is 1250. The van der Waals surface area contributed by atoms with Crippen LogP contribution in [0.5, 0.6) is 5.75 Å². The molecule has 0 aliphatic carbocycles. The van der Waals surface area contributed by atoms with Gasteiger partial charge >= 0.3 is 0 Å². The van der Waals surface area contributed by atoms with Gasteiger partial charge < -0.3 is 9.47 Å². The number of ether oxygens (including phenoxy) is 2. The summed E-state index contributed by atoms with van der Waals surface area (Å²) in [5.41, 5.74) is 0.712. The molecule has 0 bridgehead atoms. The number of carbonyl (C=O) groups is 1. The van der Waals surface area contributed by atoms with Gasteiger partial charge in [0, 0.05) is 13.2 Å². The van der Waals surface area contributed by atoms with Gasteiger partial charge in [-0.15, -0.1) is 11.3 Å². The van der Waals surface area contributed by atoms with Crippen LogP contribution in [0.15, 0.2) is 39.9 Å². The molecular weight excluding hydrogens is 494 g/mol. The maximum absolute atomic E-state index is 14.0. The molecule has 2 aliphatic rings. The summed E-state index contributed by atoms with van der Waals surface area (Å²) in [6.45, 7) is 3.79. The van der Waals surface area contributed by atoms with E-state index in [1.54, 1.807) is 22.4 Å². The molecule has 2 unspecified atom stereocenters. The quantitative estimate of drug-likeness (QED) is 0.443. The van der Waals surface area contributed by atoms with E-state index in [0.29, 0.717) is 55.5 Å². The van der Waals surface area contributed by atoms with Gasteiger partial charge in [0.15, 0.2) is 5.13 Å². The highest BCUT2D eigenvalue weighted by Crippen LogP contribution is 2.37. The number of sulfonamides is 1. The number of aromatic nitrogens is 1. The van der Waals surface area contributed by atoms with E-state index in [1.165, 1.54) is 27.0 Å². The number of hydrogen-bond acceptors (Lipinski definition) is 8. The van der Waals surface area contributed by atoms with Crippen molar-refractivity contribution < 1.29 is 22.7 Å². The summed E-state index contributed by atoms with van der Waals surface area (Å²) < 4.78 is 40.7. The van der Waals surface area contributed by atoms with Crippen LogP contribution in [0.2, 0.25) is 0 Å². The van der Waals surface area contributed by atoms with E-state index in [0.717, 1.165) is 17.5 Å². The summed E-state index contributed by atoms with van der Waals surface area (Å²) in [5.74, 6) is 0.430. The fourth-order valence-corrected chi connectivity index (χ4v) is 8.30. The largest absolute Gasteiger partial charge is 0.492 e. The minimum Gasteiger partial charge on any atom is -0.492 e. The Hall–Kier alpha value is -2.05. The second-order valence-corrected chi connectivity index (χ2v) is 12.4. The van der Waals surface area contributed by atoms with Gasteiger partial charge in [0.05, 0.1) is 24.0 Å². The smallest absolute Gasteiger partial charge is 0.253 e. The molecule has 0 spiro atoms. The zero-order chi connectivity index (χ0) is 23.7. The van der Waals surface area contributed by atoms with E-state index < -0.39 is 16.1 Å². The van der Waals surface area contributed by atoms with Crippen molar-refractivity contribution in [3.8, 4) is 5.75 Å². The number of thiophene rings is 1. The number of carbonyl (C=O) groups excluding carboxylic acids is 1. The Balaban J connectivity index is 1.50. The zero-order valence-electron chi connectivity index (χ0n) is 18.9. The molecule has 5 rings (SSSR count). The third-order valence-electron chi connectivity index (χ3n) is 6.12. The third-order valence-corrected chi connectivity index (χ3v) is 10.4. The van der Waals surface area contributed by atoms with Crippen molar-refractivity contribution in [3.63, 3.8) is 0 Å². The molecule has 0 radical (unpaired) electrons. The van der Waals surface area contributed by atoms with Crippen LogP contribution in [0.25, 0.3) is 10.2 Å². The first-order valence-electron chi connectivity index (χ1n) is 11.5. The van der Waals surface area contributed by atoms with Crippen LogP contribution < -0.4 is 9.64 Å². The molecule has 2 fully saturated rings. The van der Waals surface area contributed by atoms with Crippen molar-refractivity contribution in [2.75, 3.05) is 31.2 Å². The highest BCUT2D eigenvalue weighted by atomic mass is 32.2. The monoisotopic (exact) mass is 521 g/mol. The number of anilines is 1. The molecule has 2 aliphatic heterocycles. The van der Waals surface area contributed by atoms with Crippen LogP contribution >= 0.6 is 22.7 Å². The highest BCUT2D eigenvalue weighted by Gasteiger charge is 2.43. The van der Waals surface area contributed by atoms with Gasteiger partial charge in [-0.25, -0.2) is 13.4 Å². The molecule has 8 nitrogen and oxygen atoms in total. The number of benzene rings is 1. The molecule has 2 aromatic heterocycles. The molecule has 182 valence electrons. The lowest BCUT2D eigenvalue weighted by Gasteiger charge is -2.29. The first-order valence-corrected chi connectivity index (χ1v) is 14.6. The first-order chi connectivity index (χ1) is 16.5. The molecule has 2 atom stereocenters. The standard InChI is InChI=1S/C23H27N3O5S3/c1-2-30-18-9-3-10-19-21(18)24-23(33-19)25(15-16-7-5-13-31-16)22(27)17-8-4-12-26(17)34(28,29)20-11-6-14-32-20/h3,6,9-11,14,16-17H,2,4-5,7-8,12-13,15H2,1H3. The maximum Gasteiger partial charge on any atom is 0.253 e. The lowest BCUT2D eigenvalue weighted by Crippen LogP contribution is -2.49. The molecular formula is C23H27N3O5S3. The minimum absolute atomic E-state index is 0.0916. The number of hydrogen-bond donors (Lipinski definition) is 0. The number of thiazole rings is 1. The Kier molecular flexibility index (Phi) is 6.90. The predicted molar refractivity (Wildman–Crippen MR) is 133 cm³/mol. The van der Waals surface area contributed by atoms with Gasteiger partial charge in [0.2, 0.25) is 5.91 Å². The highest BCUT2D eigenvalue weighted by molar-refractivity contribution is 7.91. The first kappa shape index (κ1) is 23.7. The lowest BCUT2D eigenvalue weighted by molar-refractivity contribution is -0.122. The van der Waals surface area contributed by atoms with Crippen molar-refractivity contribution in [3.05, 3.63) is 35.7 Å².